The van der Waals surface area contributed by atoms with E-state index in [2.05, 4.69) is 15.5 Å². The normalized spacial score (nSPS) is 11.7. The van der Waals surface area contributed by atoms with Gasteiger partial charge in [0.05, 0.1) is 31.0 Å². The van der Waals surface area contributed by atoms with Gasteiger partial charge in [-0.15, -0.1) is 10.2 Å². The van der Waals surface area contributed by atoms with Crippen LogP contribution in [0.4, 0.5) is 0 Å². The smallest absolute Gasteiger partial charge is 0.259 e. The van der Waals surface area contributed by atoms with E-state index in [-0.39, 0.29) is 5.91 Å². The molecule has 7 nitrogen and oxygen atoms in total. The summed E-state index contributed by atoms with van der Waals surface area (Å²) in [6.45, 7) is 1.83. The second kappa shape index (κ2) is 11.7. The van der Waals surface area contributed by atoms with Crippen LogP contribution in [0.3, 0.4) is 0 Å². The molecule has 1 N–H and O–H groups in total. The number of hydrogen-bond donors (Lipinski definition) is 1. The summed E-state index contributed by atoms with van der Waals surface area (Å²) < 4.78 is 12.6. The van der Waals surface area contributed by atoms with Crippen LogP contribution in [0.2, 0.25) is 10.0 Å². The highest BCUT2D eigenvalue weighted by atomic mass is 35.5. The van der Waals surface area contributed by atoms with Gasteiger partial charge in [-0.1, -0.05) is 71.4 Å². The lowest BCUT2D eigenvalue weighted by atomic mass is 10.1. The van der Waals surface area contributed by atoms with Crippen molar-refractivity contribution in [3.8, 4) is 17.2 Å². The topological polar surface area (TPSA) is 78.3 Å². The molecule has 0 radical (unpaired) electrons. The van der Waals surface area contributed by atoms with Crippen molar-refractivity contribution in [2.45, 2.75) is 23.9 Å². The van der Waals surface area contributed by atoms with E-state index in [4.69, 9.17) is 32.7 Å². The molecule has 10 heteroatoms. The Morgan fingerprint density at radius 2 is 1.69 bits per heavy atom. The number of hydrogen-bond acceptors (Lipinski definition) is 6. The number of aromatic nitrogens is 3. The summed E-state index contributed by atoms with van der Waals surface area (Å²) in [4.78, 5) is 13.3. The summed E-state index contributed by atoms with van der Waals surface area (Å²) in [6, 6.07) is 19.9. The number of amides is 1. The fourth-order valence-corrected chi connectivity index (χ4v) is 5.08. The van der Waals surface area contributed by atoms with E-state index in [1.54, 1.807) is 30.3 Å². The van der Waals surface area contributed by atoms with Crippen molar-refractivity contribution < 1.29 is 14.3 Å². The Hall–Kier alpha value is -3.20. The molecule has 0 spiro atoms. The summed E-state index contributed by atoms with van der Waals surface area (Å²) >= 11 is 14.2. The molecular formula is C26H24Cl2N4O3S. The first kappa shape index (κ1) is 25.9. The van der Waals surface area contributed by atoms with E-state index in [1.807, 2.05) is 47.9 Å². The summed E-state index contributed by atoms with van der Waals surface area (Å²) in [5.41, 5.74) is 2.10. The lowest BCUT2D eigenvalue weighted by Crippen LogP contribution is -2.29. The molecule has 0 aliphatic rings. The van der Waals surface area contributed by atoms with E-state index in [0.717, 1.165) is 5.56 Å². The van der Waals surface area contributed by atoms with Gasteiger partial charge in [-0.05, 0) is 42.8 Å². The second-order valence-electron chi connectivity index (χ2n) is 7.78. The summed E-state index contributed by atoms with van der Waals surface area (Å²) in [5.74, 6) is 1.63. The molecule has 0 aliphatic heterocycles. The van der Waals surface area contributed by atoms with E-state index in [1.165, 1.54) is 26.0 Å². The molecule has 4 rings (SSSR count). The van der Waals surface area contributed by atoms with Gasteiger partial charge in [0, 0.05) is 10.8 Å². The zero-order valence-corrected chi connectivity index (χ0v) is 22.2. The van der Waals surface area contributed by atoms with Crippen molar-refractivity contribution in [1.82, 2.24) is 20.1 Å². The Kier molecular flexibility index (Phi) is 8.40. The number of thioether (sulfide) groups is 1. The van der Waals surface area contributed by atoms with E-state index in [9.17, 15) is 4.79 Å². The van der Waals surface area contributed by atoms with Crippen LogP contribution in [-0.2, 0) is 5.75 Å². The number of benzene rings is 3. The Balaban J connectivity index is 1.69. The van der Waals surface area contributed by atoms with Gasteiger partial charge in [-0.2, -0.15) is 0 Å². The van der Waals surface area contributed by atoms with Gasteiger partial charge in [0.2, 0.25) is 0 Å². The lowest BCUT2D eigenvalue weighted by Gasteiger charge is -2.19. The van der Waals surface area contributed by atoms with Crippen molar-refractivity contribution in [1.29, 1.82) is 0 Å². The molecule has 186 valence electrons. The molecule has 1 unspecified atom stereocenters. The minimum Gasteiger partial charge on any atom is -0.496 e. The molecule has 0 aliphatic carbocycles. The molecule has 0 fully saturated rings. The maximum atomic E-state index is 13.3. The summed E-state index contributed by atoms with van der Waals surface area (Å²) in [7, 11) is 3.01. The SMILES string of the molecule is COc1cccc(OC)c1C(=O)NC(C)c1nnc(SCc2ccccc2)n1-c1ccc(Cl)cc1Cl. The molecule has 0 bridgehead atoms. The Labute approximate surface area is 223 Å². The molecular weight excluding hydrogens is 519 g/mol. The monoisotopic (exact) mass is 542 g/mol. The Morgan fingerprint density at radius 3 is 2.33 bits per heavy atom. The minimum absolute atomic E-state index is 0.295. The first-order chi connectivity index (χ1) is 17.4. The largest absolute Gasteiger partial charge is 0.496 e. The maximum absolute atomic E-state index is 13.3. The standard InChI is InChI=1S/C26H24Cl2N4O3S/c1-16(29-25(33)23-21(34-2)10-7-11-22(23)35-3)24-30-31-26(36-15-17-8-5-4-6-9-17)32(24)20-13-12-18(27)14-19(20)28/h4-14,16H,15H2,1-3H3,(H,29,33). The number of rotatable bonds is 9. The third-order valence-electron chi connectivity index (χ3n) is 5.41. The molecule has 0 saturated carbocycles. The number of ether oxygens (including phenoxy) is 2. The van der Waals surface area contributed by atoms with Crippen LogP contribution >= 0.6 is 35.0 Å². The van der Waals surface area contributed by atoms with Gasteiger partial charge in [0.1, 0.15) is 17.1 Å². The fourth-order valence-electron chi connectivity index (χ4n) is 3.67. The van der Waals surface area contributed by atoms with E-state index < -0.39 is 6.04 Å². The van der Waals surface area contributed by atoms with Gasteiger partial charge in [0.25, 0.3) is 5.91 Å². The van der Waals surface area contributed by atoms with E-state index >= 15 is 0 Å². The van der Waals surface area contributed by atoms with E-state index in [0.29, 0.717) is 49.5 Å². The molecule has 0 saturated heterocycles. The highest BCUT2D eigenvalue weighted by Crippen LogP contribution is 2.33. The maximum Gasteiger partial charge on any atom is 0.259 e. The quantitative estimate of drug-likeness (QED) is 0.247. The van der Waals surface area contributed by atoms with Crippen LogP contribution in [0.5, 0.6) is 11.5 Å². The van der Waals surface area contributed by atoms with Crippen molar-refractivity contribution in [3.63, 3.8) is 0 Å². The molecule has 1 aromatic heterocycles. The average molecular weight is 543 g/mol. The molecule has 3 aromatic carbocycles. The number of carbonyl (C=O) groups excluding carboxylic acids is 1. The third kappa shape index (κ3) is 5.61. The lowest BCUT2D eigenvalue weighted by molar-refractivity contribution is 0.0931. The van der Waals surface area contributed by atoms with Gasteiger partial charge in [0.15, 0.2) is 11.0 Å². The molecule has 4 aromatic rings. The highest BCUT2D eigenvalue weighted by Gasteiger charge is 2.25. The predicted molar refractivity (Wildman–Crippen MR) is 143 cm³/mol. The molecule has 1 heterocycles. The number of carbonyl (C=O) groups is 1. The summed E-state index contributed by atoms with van der Waals surface area (Å²) in [5, 5.41) is 13.4. The Bertz CT molecular complexity index is 1340. The fraction of sp³-hybridized carbons (Fsp3) is 0.192. The average Bonchev–Trinajstić information content (AvgIpc) is 3.31. The van der Waals surface area contributed by atoms with Crippen LogP contribution in [0.1, 0.15) is 34.7 Å². The van der Waals surface area contributed by atoms with Crippen LogP contribution in [0, 0.1) is 0 Å². The zero-order valence-electron chi connectivity index (χ0n) is 19.9. The van der Waals surface area contributed by atoms with Gasteiger partial charge < -0.3 is 14.8 Å². The first-order valence-electron chi connectivity index (χ1n) is 11.0. The van der Waals surface area contributed by atoms with Gasteiger partial charge >= 0.3 is 0 Å². The number of halogens is 2. The van der Waals surface area contributed by atoms with Crippen LogP contribution in [0.25, 0.3) is 5.69 Å². The summed E-state index contributed by atoms with van der Waals surface area (Å²) in [6.07, 6.45) is 0. The predicted octanol–water partition coefficient (Wildman–Crippen LogP) is 6.37. The van der Waals surface area contributed by atoms with Crippen molar-refractivity contribution in [2.75, 3.05) is 14.2 Å². The third-order valence-corrected chi connectivity index (χ3v) is 6.95. The second-order valence-corrected chi connectivity index (χ2v) is 9.57. The molecule has 36 heavy (non-hydrogen) atoms. The van der Waals surface area contributed by atoms with Crippen molar-refractivity contribution >= 4 is 40.9 Å². The number of nitrogens with zero attached hydrogens (tertiary/aromatic N) is 3. The zero-order chi connectivity index (χ0) is 25.7. The molecule has 1 amide bonds. The van der Waals surface area contributed by atoms with Crippen molar-refractivity contribution in [2.24, 2.45) is 0 Å². The van der Waals surface area contributed by atoms with Crippen molar-refractivity contribution in [3.05, 3.63) is 93.7 Å². The van der Waals surface area contributed by atoms with Crippen LogP contribution in [-0.4, -0.2) is 34.9 Å². The number of methoxy groups -OCH3 is 2. The van der Waals surface area contributed by atoms with Gasteiger partial charge in [-0.25, -0.2) is 0 Å². The minimum atomic E-state index is -0.530. The van der Waals surface area contributed by atoms with Crippen LogP contribution < -0.4 is 14.8 Å². The first-order valence-corrected chi connectivity index (χ1v) is 12.8. The van der Waals surface area contributed by atoms with Crippen LogP contribution in [0.15, 0.2) is 71.9 Å². The highest BCUT2D eigenvalue weighted by molar-refractivity contribution is 7.98. The Morgan fingerprint density at radius 1 is 1.00 bits per heavy atom. The number of nitrogens with one attached hydrogen (secondary N) is 1. The molecule has 1 atom stereocenters. The van der Waals surface area contributed by atoms with Gasteiger partial charge in [-0.3, -0.25) is 9.36 Å².